The molecule has 2 rings (SSSR count). The van der Waals surface area contributed by atoms with Crippen LogP contribution in [0.25, 0.3) is 0 Å². The standard InChI is InChI=1S/C20H29N3O6S/c1-4-10-21-20(26)22-18(24)13-29-19(25)17-12-16(9-8-14(17)2)30(27,28)23-11-6-5-7-15(23)3/h8-9,12,15H,4-7,10-11,13H2,1-3H3,(H2,21,22,24,26). The second kappa shape index (κ2) is 10.5. The van der Waals surface area contributed by atoms with E-state index in [0.29, 0.717) is 25.1 Å². The van der Waals surface area contributed by atoms with E-state index in [9.17, 15) is 22.8 Å². The van der Waals surface area contributed by atoms with Crippen molar-refractivity contribution in [2.75, 3.05) is 19.7 Å². The summed E-state index contributed by atoms with van der Waals surface area (Å²) in [5.74, 6) is -1.61. The van der Waals surface area contributed by atoms with Gasteiger partial charge in [-0.2, -0.15) is 4.31 Å². The van der Waals surface area contributed by atoms with E-state index in [1.54, 1.807) is 6.92 Å². The lowest BCUT2D eigenvalue weighted by Gasteiger charge is -2.32. The van der Waals surface area contributed by atoms with Crippen molar-refractivity contribution in [3.63, 3.8) is 0 Å². The van der Waals surface area contributed by atoms with Gasteiger partial charge in [0.2, 0.25) is 10.0 Å². The van der Waals surface area contributed by atoms with Crippen molar-refractivity contribution in [2.24, 2.45) is 0 Å². The smallest absolute Gasteiger partial charge is 0.338 e. The average Bonchev–Trinajstić information content (AvgIpc) is 2.70. The Morgan fingerprint density at radius 2 is 1.97 bits per heavy atom. The largest absolute Gasteiger partial charge is 0.452 e. The van der Waals surface area contributed by atoms with Crippen molar-refractivity contribution in [3.8, 4) is 0 Å². The number of nitrogens with zero attached hydrogens (tertiary/aromatic N) is 1. The van der Waals surface area contributed by atoms with E-state index >= 15 is 0 Å². The number of ether oxygens (including phenoxy) is 1. The van der Waals surface area contributed by atoms with E-state index in [-0.39, 0.29) is 16.5 Å². The number of carbonyl (C=O) groups excluding carboxylic acids is 3. The van der Waals surface area contributed by atoms with Crippen molar-refractivity contribution in [2.45, 2.75) is 57.4 Å². The zero-order valence-electron chi connectivity index (χ0n) is 17.6. The number of benzene rings is 1. The first kappa shape index (κ1) is 23.8. The van der Waals surface area contributed by atoms with Crippen LogP contribution >= 0.6 is 0 Å². The van der Waals surface area contributed by atoms with Gasteiger partial charge in [0.05, 0.1) is 10.5 Å². The predicted molar refractivity (Wildman–Crippen MR) is 110 cm³/mol. The van der Waals surface area contributed by atoms with Gasteiger partial charge >= 0.3 is 12.0 Å². The number of sulfonamides is 1. The number of carbonyl (C=O) groups is 3. The van der Waals surface area contributed by atoms with Crippen molar-refractivity contribution in [1.29, 1.82) is 0 Å². The molecule has 0 radical (unpaired) electrons. The summed E-state index contributed by atoms with van der Waals surface area (Å²) in [7, 11) is -3.75. The highest BCUT2D eigenvalue weighted by atomic mass is 32.2. The fraction of sp³-hybridized carbons (Fsp3) is 0.550. The van der Waals surface area contributed by atoms with Gasteiger partial charge in [0.1, 0.15) is 0 Å². The van der Waals surface area contributed by atoms with E-state index in [1.807, 2.05) is 13.8 Å². The molecule has 2 N–H and O–H groups in total. The van der Waals surface area contributed by atoms with Crippen LogP contribution in [0.15, 0.2) is 23.1 Å². The van der Waals surface area contributed by atoms with Crippen molar-refractivity contribution in [1.82, 2.24) is 14.9 Å². The lowest BCUT2D eigenvalue weighted by atomic mass is 10.1. The maximum absolute atomic E-state index is 13.0. The molecule has 1 fully saturated rings. The third-order valence-electron chi connectivity index (χ3n) is 4.90. The lowest BCUT2D eigenvalue weighted by Crippen LogP contribution is -2.42. The number of hydrogen-bond donors (Lipinski definition) is 2. The third-order valence-corrected chi connectivity index (χ3v) is 6.91. The van der Waals surface area contributed by atoms with Gasteiger partial charge in [-0.3, -0.25) is 10.1 Å². The zero-order valence-corrected chi connectivity index (χ0v) is 18.4. The van der Waals surface area contributed by atoms with Crippen LogP contribution in [0.1, 0.15) is 55.5 Å². The average molecular weight is 440 g/mol. The van der Waals surface area contributed by atoms with Gasteiger partial charge in [-0.1, -0.05) is 19.4 Å². The lowest BCUT2D eigenvalue weighted by molar-refractivity contribution is -0.123. The van der Waals surface area contributed by atoms with Gasteiger partial charge in [0.25, 0.3) is 5.91 Å². The molecular weight excluding hydrogens is 410 g/mol. The van der Waals surface area contributed by atoms with Crippen LogP contribution in [0, 0.1) is 6.92 Å². The van der Waals surface area contributed by atoms with Crippen molar-refractivity contribution in [3.05, 3.63) is 29.3 Å². The zero-order chi connectivity index (χ0) is 22.3. The molecule has 0 spiro atoms. The van der Waals surface area contributed by atoms with E-state index in [0.717, 1.165) is 19.3 Å². The van der Waals surface area contributed by atoms with E-state index in [2.05, 4.69) is 10.6 Å². The second-order valence-electron chi connectivity index (χ2n) is 7.32. The summed E-state index contributed by atoms with van der Waals surface area (Å²) in [5, 5.41) is 4.52. The van der Waals surface area contributed by atoms with Gasteiger partial charge in [-0.25, -0.2) is 18.0 Å². The van der Waals surface area contributed by atoms with Gasteiger partial charge in [0, 0.05) is 19.1 Å². The molecule has 0 aliphatic carbocycles. The van der Waals surface area contributed by atoms with Gasteiger partial charge in [0.15, 0.2) is 6.61 Å². The first-order chi connectivity index (χ1) is 14.2. The van der Waals surface area contributed by atoms with Crippen LogP contribution in [0.2, 0.25) is 0 Å². The molecule has 1 unspecified atom stereocenters. The quantitative estimate of drug-likeness (QED) is 0.626. The minimum Gasteiger partial charge on any atom is -0.452 e. The molecular formula is C20H29N3O6S. The second-order valence-corrected chi connectivity index (χ2v) is 9.21. The van der Waals surface area contributed by atoms with Crippen LogP contribution in [0.4, 0.5) is 4.79 Å². The predicted octanol–water partition coefficient (Wildman–Crippen LogP) is 1.95. The summed E-state index contributed by atoms with van der Waals surface area (Å²) < 4.78 is 32.5. The van der Waals surface area contributed by atoms with Crippen molar-refractivity contribution >= 4 is 27.9 Å². The molecule has 1 heterocycles. The maximum atomic E-state index is 13.0. The molecule has 1 saturated heterocycles. The highest BCUT2D eigenvalue weighted by Gasteiger charge is 2.31. The highest BCUT2D eigenvalue weighted by Crippen LogP contribution is 2.26. The molecule has 0 aromatic heterocycles. The molecule has 10 heteroatoms. The van der Waals surface area contributed by atoms with Crippen LogP contribution in [-0.4, -0.2) is 56.4 Å². The van der Waals surface area contributed by atoms with Crippen molar-refractivity contribution < 1.29 is 27.5 Å². The first-order valence-corrected chi connectivity index (χ1v) is 11.5. The Kier molecular flexibility index (Phi) is 8.36. The fourth-order valence-electron chi connectivity index (χ4n) is 3.20. The monoisotopic (exact) mass is 439 g/mol. The molecule has 0 bridgehead atoms. The Morgan fingerprint density at radius 3 is 2.63 bits per heavy atom. The molecule has 1 aliphatic rings. The number of rotatable bonds is 7. The van der Waals surface area contributed by atoms with E-state index in [4.69, 9.17) is 4.74 Å². The summed E-state index contributed by atoms with van der Waals surface area (Å²) in [4.78, 5) is 35.7. The summed E-state index contributed by atoms with van der Waals surface area (Å²) >= 11 is 0. The van der Waals surface area contributed by atoms with Gasteiger partial charge < -0.3 is 10.1 Å². The molecule has 0 saturated carbocycles. The summed E-state index contributed by atoms with van der Waals surface area (Å²) in [6, 6.07) is 3.50. The Hall–Kier alpha value is -2.46. The summed E-state index contributed by atoms with van der Waals surface area (Å²) in [6.45, 7) is 5.58. The normalized spacial score (nSPS) is 17.2. The highest BCUT2D eigenvalue weighted by molar-refractivity contribution is 7.89. The molecule has 166 valence electrons. The van der Waals surface area contributed by atoms with Crippen LogP contribution in [0.3, 0.4) is 0 Å². The fourth-order valence-corrected chi connectivity index (χ4v) is 4.93. The number of esters is 1. The van der Waals surface area contributed by atoms with Crippen LogP contribution < -0.4 is 10.6 Å². The number of aryl methyl sites for hydroxylation is 1. The number of urea groups is 1. The number of imide groups is 1. The molecule has 1 aromatic rings. The molecule has 1 atom stereocenters. The first-order valence-electron chi connectivity index (χ1n) is 10.0. The third kappa shape index (κ3) is 6.02. The maximum Gasteiger partial charge on any atom is 0.338 e. The minimum atomic E-state index is -3.75. The Labute approximate surface area is 177 Å². The SMILES string of the molecule is CCCNC(=O)NC(=O)COC(=O)c1cc(S(=O)(=O)N2CCCCC2C)ccc1C. The van der Waals surface area contributed by atoms with Crippen LogP contribution in [0.5, 0.6) is 0 Å². The number of hydrogen-bond acceptors (Lipinski definition) is 6. The summed E-state index contributed by atoms with van der Waals surface area (Å²) in [6.07, 6.45) is 3.29. The van der Waals surface area contributed by atoms with Gasteiger partial charge in [-0.05, 0) is 50.8 Å². The number of piperidine rings is 1. The molecule has 9 nitrogen and oxygen atoms in total. The molecule has 1 aromatic carbocycles. The molecule has 3 amide bonds. The van der Waals surface area contributed by atoms with E-state index < -0.39 is 34.5 Å². The van der Waals surface area contributed by atoms with E-state index in [1.165, 1.54) is 22.5 Å². The topological polar surface area (TPSA) is 122 Å². The Bertz CT molecular complexity index is 900. The summed E-state index contributed by atoms with van der Waals surface area (Å²) in [5.41, 5.74) is 0.579. The van der Waals surface area contributed by atoms with Gasteiger partial charge in [-0.15, -0.1) is 0 Å². The number of amides is 3. The number of nitrogens with one attached hydrogen (secondary N) is 2. The minimum absolute atomic E-state index is 0.0113. The Morgan fingerprint density at radius 1 is 1.23 bits per heavy atom. The molecule has 1 aliphatic heterocycles. The Balaban J connectivity index is 2.08. The molecule has 30 heavy (non-hydrogen) atoms. The van der Waals surface area contributed by atoms with Crippen LogP contribution in [-0.2, 0) is 19.6 Å².